The van der Waals surface area contributed by atoms with Crippen molar-refractivity contribution in [3.05, 3.63) is 54.1 Å². The van der Waals surface area contributed by atoms with Crippen LogP contribution in [0.1, 0.15) is 17.3 Å². The Bertz CT molecular complexity index is 883. The summed E-state index contributed by atoms with van der Waals surface area (Å²) in [5.74, 6) is -0.158. The Hall–Kier alpha value is -2.03. The normalized spacial score (nSPS) is 10.6. The molecule has 0 aliphatic heterocycles. The van der Waals surface area contributed by atoms with Crippen LogP contribution < -0.4 is 0 Å². The molecular weight excluding hydrogens is 376 g/mol. The lowest BCUT2D eigenvalue weighted by Gasteiger charge is -2.06. The Morgan fingerprint density at radius 3 is 2.68 bits per heavy atom. The quantitative estimate of drug-likeness (QED) is 0.475. The lowest BCUT2D eigenvalue weighted by Crippen LogP contribution is -2.05. The summed E-state index contributed by atoms with van der Waals surface area (Å²) in [4.78, 5) is 12.8. The summed E-state index contributed by atoms with van der Waals surface area (Å²) in [5.41, 5.74) is 1.19. The Morgan fingerprint density at radius 2 is 1.88 bits per heavy atom. The number of carbonyl (C=O) groups excluding carboxylic acids is 1. The zero-order valence-corrected chi connectivity index (χ0v) is 15.7. The van der Waals surface area contributed by atoms with Crippen LogP contribution in [0.3, 0.4) is 0 Å². The number of esters is 1. The van der Waals surface area contributed by atoms with Crippen LogP contribution in [-0.2, 0) is 4.74 Å². The fourth-order valence-electron chi connectivity index (χ4n) is 2.00. The summed E-state index contributed by atoms with van der Waals surface area (Å²) in [5, 5.41) is 18.8. The molecule has 1 aromatic heterocycles. The summed E-state index contributed by atoms with van der Waals surface area (Å²) in [6, 6.07) is 14.3. The van der Waals surface area contributed by atoms with Gasteiger partial charge in [0.05, 0.1) is 17.7 Å². The van der Waals surface area contributed by atoms with Gasteiger partial charge in [0.1, 0.15) is 5.75 Å². The molecule has 0 fully saturated rings. The first-order valence-electron chi connectivity index (χ1n) is 7.41. The molecule has 25 heavy (non-hydrogen) atoms. The highest BCUT2D eigenvalue weighted by atomic mass is 33.1. The fraction of sp³-hybridized carbons (Fsp3) is 0.118. The Morgan fingerprint density at radius 1 is 1.12 bits per heavy atom. The number of phenols is 1. The maximum atomic E-state index is 12.0. The topological polar surface area (TPSA) is 72.3 Å². The Kier molecular flexibility index (Phi) is 5.95. The average Bonchev–Trinajstić information content (AvgIpc) is 3.09. The van der Waals surface area contributed by atoms with Gasteiger partial charge in [-0.3, -0.25) is 0 Å². The predicted octanol–water partition coefficient (Wildman–Crippen LogP) is 4.89. The summed E-state index contributed by atoms with van der Waals surface area (Å²) in [6.45, 7) is 2.12. The van der Waals surface area contributed by atoms with E-state index >= 15 is 0 Å². The number of carbonyl (C=O) groups is 1. The van der Waals surface area contributed by atoms with Gasteiger partial charge in [0.2, 0.25) is 0 Å². The van der Waals surface area contributed by atoms with Gasteiger partial charge in [-0.25, -0.2) is 4.79 Å². The highest BCUT2D eigenvalue weighted by Crippen LogP contribution is 2.42. The van der Waals surface area contributed by atoms with E-state index in [-0.39, 0.29) is 11.7 Å². The number of benzene rings is 2. The molecular formula is C17H14N2O3S3. The molecule has 2 aromatic carbocycles. The second-order valence-electron chi connectivity index (χ2n) is 4.77. The molecule has 0 amide bonds. The van der Waals surface area contributed by atoms with E-state index in [0.717, 1.165) is 9.24 Å². The van der Waals surface area contributed by atoms with E-state index in [1.54, 1.807) is 31.2 Å². The van der Waals surface area contributed by atoms with Gasteiger partial charge < -0.3 is 9.84 Å². The SMILES string of the molecule is CCOC(=O)c1ccccc1SSc1nnc(-c2ccccc2O)s1. The zero-order valence-electron chi connectivity index (χ0n) is 13.2. The average molecular weight is 391 g/mol. The van der Waals surface area contributed by atoms with Crippen LogP contribution in [0.15, 0.2) is 57.8 Å². The van der Waals surface area contributed by atoms with Crippen molar-refractivity contribution >= 4 is 38.9 Å². The van der Waals surface area contributed by atoms with E-state index in [0.29, 0.717) is 22.7 Å². The number of ether oxygens (including phenoxy) is 1. The minimum absolute atomic E-state index is 0.176. The van der Waals surface area contributed by atoms with E-state index in [4.69, 9.17) is 4.74 Å². The monoisotopic (exact) mass is 390 g/mol. The van der Waals surface area contributed by atoms with Crippen molar-refractivity contribution < 1.29 is 14.6 Å². The maximum absolute atomic E-state index is 12.0. The third kappa shape index (κ3) is 4.33. The van der Waals surface area contributed by atoms with Gasteiger partial charge in [0.15, 0.2) is 9.35 Å². The summed E-state index contributed by atoms with van der Waals surface area (Å²) >= 11 is 1.39. The molecule has 0 atom stereocenters. The van der Waals surface area contributed by atoms with Gasteiger partial charge in [0.25, 0.3) is 0 Å². The minimum atomic E-state index is -0.335. The fourth-order valence-corrected chi connectivity index (χ4v) is 5.23. The lowest BCUT2D eigenvalue weighted by molar-refractivity contribution is 0.0522. The maximum Gasteiger partial charge on any atom is 0.339 e. The third-order valence-electron chi connectivity index (χ3n) is 3.13. The highest BCUT2D eigenvalue weighted by molar-refractivity contribution is 8.77. The van der Waals surface area contributed by atoms with Crippen molar-refractivity contribution in [1.82, 2.24) is 10.2 Å². The molecule has 0 saturated heterocycles. The Labute approximate surface area is 156 Å². The molecule has 1 heterocycles. The first kappa shape index (κ1) is 17.8. The second-order valence-corrected chi connectivity index (χ2v) is 8.17. The molecule has 8 heteroatoms. The molecule has 0 aliphatic carbocycles. The van der Waals surface area contributed by atoms with Crippen molar-refractivity contribution in [2.75, 3.05) is 6.61 Å². The van der Waals surface area contributed by atoms with Crippen LogP contribution in [-0.4, -0.2) is 27.9 Å². The van der Waals surface area contributed by atoms with Gasteiger partial charge in [-0.1, -0.05) is 35.6 Å². The van der Waals surface area contributed by atoms with Crippen LogP contribution >= 0.6 is 32.9 Å². The van der Waals surface area contributed by atoms with E-state index < -0.39 is 0 Å². The largest absolute Gasteiger partial charge is 0.507 e. The molecule has 1 N–H and O–H groups in total. The molecule has 0 radical (unpaired) electrons. The summed E-state index contributed by atoms with van der Waals surface area (Å²) in [6.07, 6.45) is 0. The zero-order chi connectivity index (χ0) is 17.6. The number of nitrogens with zero attached hydrogens (tertiary/aromatic N) is 2. The van der Waals surface area contributed by atoms with Gasteiger partial charge >= 0.3 is 5.97 Å². The summed E-state index contributed by atoms with van der Waals surface area (Å²) < 4.78 is 5.82. The van der Waals surface area contributed by atoms with Gasteiger partial charge in [0, 0.05) is 4.90 Å². The van der Waals surface area contributed by atoms with Crippen LogP contribution in [0, 0.1) is 0 Å². The van der Waals surface area contributed by atoms with Crippen molar-refractivity contribution in [2.45, 2.75) is 16.2 Å². The van der Waals surface area contributed by atoms with Crippen molar-refractivity contribution in [3.8, 4) is 16.3 Å². The number of rotatable bonds is 6. The third-order valence-corrected chi connectivity index (χ3v) is 6.80. The van der Waals surface area contributed by atoms with E-state index in [9.17, 15) is 9.90 Å². The highest BCUT2D eigenvalue weighted by Gasteiger charge is 2.15. The molecule has 128 valence electrons. The number of aromatic nitrogens is 2. The first-order valence-corrected chi connectivity index (χ1v) is 10.4. The smallest absolute Gasteiger partial charge is 0.339 e. The van der Waals surface area contributed by atoms with Crippen molar-refractivity contribution in [3.63, 3.8) is 0 Å². The van der Waals surface area contributed by atoms with Crippen molar-refractivity contribution in [2.24, 2.45) is 0 Å². The van der Waals surface area contributed by atoms with Crippen LogP contribution in [0.25, 0.3) is 10.6 Å². The molecule has 0 saturated carbocycles. The molecule has 0 spiro atoms. The lowest BCUT2D eigenvalue weighted by atomic mass is 10.2. The van der Waals surface area contributed by atoms with Crippen molar-refractivity contribution in [1.29, 1.82) is 0 Å². The van der Waals surface area contributed by atoms with Crippen LogP contribution in [0.5, 0.6) is 5.75 Å². The van der Waals surface area contributed by atoms with Gasteiger partial charge in [-0.15, -0.1) is 10.2 Å². The van der Waals surface area contributed by atoms with E-state index in [2.05, 4.69) is 10.2 Å². The van der Waals surface area contributed by atoms with Gasteiger partial charge in [-0.05, 0) is 52.8 Å². The molecule has 0 unspecified atom stereocenters. The second kappa shape index (κ2) is 8.37. The Balaban J connectivity index is 1.73. The molecule has 0 bridgehead atoms. The molecule has 5 nitrogen and oxygen atoms in total. The predicted molar refractivity (Wildman–Crippen MR) is 101 cm³/mol. The standard InChI is InChI=1S/C17H14N2O3S3/c1-2-22-16(21)12-8-4-6-10-14(12)24-25-17-19-18-15(23-17)11-7-3-5-9-13(11)20/h3-10,20H,2H2,1H3. The number of hydrogen-bond donors (Lipinski definition) is 1. The summed E-state index contributed by atoms with van der Waals surface area (Å²) in [7, 11) is 2.85. The molecule has 0 aliphatic rings. The van der Waals surface area contributed by atoms with Gasteiger partial charge in [-0.2, -0.15) is 0 Å². The molecule has 3 aromatic rings. The van der Waals surface area contributed by atoms with E-state index in [1.807, 2.05) is 24.3 Å². The number of para-hydroxylation sites is 1. The van der Waals surface area contributed by atoms with E-state index in [1.165, 1.54) is 32.9 Å². The number of hydrogen-bond acceptors (Lipinski definition) is 8. The number of phenolic OH excluding ortho intramolecular Hbond substituents is 1. The van der Waals surface area contributed by atoms with Crippen LogP contribution in [0.2, 0.25) is 0 Å². The minimum Gasteiger partial charge on any atom is -0.507 e. The first-order chi connectivity index (χ1) is 12.2. The molecule has 3 rings (SSSR count). The van der Waals surface area contributed by atoms with Crippen LogP contribution in [0.4, 0.5) is 0 Å². The number of aromatic hydroxyl groups is 1.